The summed E-state index contributed by atoms with van der Waals surface area (Å²) in [5.41, 5.74) is 6.86. The van der Waals surface area contributed by atoms with Crippen LogP contribution in [-0.4, -0.2) is 27.0 Å². The number of ether oxygens (including phenoxy) is 3. The van der Waals surface area contributed by atoms with E-state index < -0.39 is 0 Å². The highest BCUT2D eigenvalue weighted by atomic mass is 16.7. The third-order valence-electron chi connectivity index (χ3n) is 3.06. The van der Waals surface area contributed by atoms with Crippen molar-refractivity contribution in [1.82, 2.24) is 5.32 Å². The molecule has 3 N–H and O–H groups in total. The molecule has 0 saturated heterocycles. The highest BCUT2D eigenvalue weighted by Crippen LogP contribution is 2.42. The molecule has 1 atom stereocenters. The van der Waals surface area contributed by atoms with Gasteiger partial charge >= 0.3 is 0 Å². The normalized spacial score (nSPS) is 14.2. The molecular formula is C14H20N2O3. The lowest BCUT2D eigenvalue weighted by Crippen LogP contribution is -2.28. The first kappa shape index (κ1) is 13.7. The summed E-state index contributed by atoms with van der Waals surface area (Å²) in [6.07, 6.45) is 2.78. The van der Waals surface area contributed by atoms with E-state index in [-0.39, 0.29) is 12.8 Å². The molecular weight excluding hydrogens is 244 g/mol. The quantitative estimate of drug-likeness (QED) is 0.578. The zero-order valence-corrected chi connectivity index (χ0v) is 11.1. The second kappa shape index (κ2) is 6.45. The van der Waals surface area contributed by atoms with Gasteiger partial charge in [0.1, 0.15) is 0 Å². The van der Waals surface area contributed by atoms with E-state index in [0.29, 0.717) is 23.8 Å². The lowest BCUT2D eigenvalue weighted by Gasteiger charge is -2.18. The van der Waals surface area contributed by atoms with Crippen LogP contribution in [0.5, 0.6) is 17.2 Å². The lowest BCUT2D eigenvalue weighted by atomic mass is 10.1. The Balaban J connectivity index is 2.20. The van der Waals surface area contributed by atoms with E-state index in [9.17, 15) is 0 Å². The van der Waals surface area contributed by atoms with E-state index in [4.69, 9.17) is 19.9 Å². The van der Waals surface area contributed by atoms with Gasteiger partial charge in [0.25, 0.3) is 0 Å². The molecule has 5 nitrogen and oxygen atoms in total. The lowest BCUT2D eigenvalue weighted by molar-refractivity contribution is 0.171. The third-order valence-corrected chi connectivity index (χ3v) is 3.06. The molecule has 1 aliphatic rings. The van der Waals surface area contributed by atoms with Gasteiger partial charge in [0.15, 0.2) is 11.5 Å². The first-order chi connectivity index (χ1) is 9.30. The summed E-state index contributed by atoms with van der Waals surface area (Å²) in [6, 6.07) is 3.94. The molecule has 0 radical (unpaired) electrons. The number of rotatable bonds is 7. The Labute approximate surface area is 113 Å². The molecule has 1 heterocycles. The number of nitrogens with one attached hydrogen (secondary N) is 1. The highest BCUT2D eigenvalue weighted by molar-refractivity contribution is 5.55. The monoisotopic (exact) mass is 264 g/mol. The minimum Gasteiger partial charge on any atom is -0.493 e. The summed E-state index contributed by atoms with van der Waals surface area (Å²) in [7, 11) is 1.61. The van der Waals surface area contributed by atoms with Crippen LogP contribution in [0.25, 0.3) is 0 Å². The maximum absolute atomic E-state index is 5.82. The van der Waals surface area contributed by atoms with Gasteiger partial charge in [-0.25, -0.2) is 0 Å². The predicted octanol–water partition coefficient (Wildman–Crippen LogP) is 1.59. The van der Waals surface area contributed by atoms with Gasteiger partial charge < -0.3 is 25.3 Å². The van der Waals surface area contributed by atoms with Gasteiger partial charge in [-0.05, 0) is 30.7 Å². The van der Waals surface area contributed by atoms with Gasteiger partial charge in [0, 0.05) is 12.6 Å². The molecule has 1 aromatic rings. The molecule has 2 rings (SSSR count). The minimum atomic E-state index is 0.0587. The topological polar surface area (TPSA) is 65.7 Å². The molecule has 1 aliphatic heterocycles. The Hall–Kier alpha value is -1.72. The van der Waals surface area contributed by atoms with Crippen LogP contribution in [0, 0.1) is 0 Å². The van der Waals surface area contributed by atoms with Crippen molar-refractivity contribution in [2.24, 2.45) is 5.73 Å². The molecule has 0 aliphatic carbocycles. The van der Waals surface area contributed by atoms with Gasteiger partial charge in [-0.15, -0.1) is 6.58 Å². The van der Waals surface area contributed by atoms with Crippen LogP contribution in [-0.2, 0) is 0 Å². The molecule has 1 aromatic carbocycles. The summed E-state index contributed by atoms with van der Waals surface area (Å²) in [6.45, 7) is 5.27. The summed E-state index contributed by atoms with van der Waals surface area (Å²) >= 11 is 0. The smallest absolute Gasteiger partial charge is 0.231 e. The maximum atomic E-state index is 5.82. The zero-order chi connectivity index (χ0) is 13.7. The van der Waals surface area contributed by atoms with Crippen molar-refractivity contribution in [3.05, 3.63) is 30.4 Å². The first-order valence-electron chi connectivity index (χ1n) is 6.32. The molecule has 1 unspecified atom stereocenters. The van der Waals surface area contributed by atoms with Crippen LogP contribution in [0.4, 0.5) is 0 Å². The fourth-order valence-corrected chi connectivity index (χ4v) is 2.05. The van der Waals surface area contributed by atoms with Crippen LogP contribution in [0.15, 0.2) is 24.8 Å². The molecule has 0 amide bonds. The predicted molar refractivity (Wildman–Crippen MR) is 73.7 cm³/mol. The van der Waals surface area contributed by atoms with Crippen molar-refractivity contribution in [3.8, 4) is 17.2 Å². The van der Waals surface area contributed by atoms with E-state index >= 15 is 0 Å². The second-order valence-electron chi connectivity index (χ2n) is 4.28. The number of hydrogen-bond donors (Lipinski definition) is 2. The molecule has 19 heavy (non-hydrogen) atoms. The summed E-state index contributed by atoms with van der Waals surface area (Å²) < 4.78 is 16.1. The van der Waals surface area contributed by atoms with Crippen LogP contribution in [0.1, 0.15) is 18.0 Å². The van der Waals surface area contributed by atoms with Crippen molar-refractivity contribution in [3.63, 3.8) is 0 Å². The second-order valence-corrected chi connectivity index (χ2v) is 4.28. The number of benzene rings is 1. The first-order valence-corrected chi connectivity index (χ1v) is 6.32. The number of hydrogen-bond acceptors (Lipinski definition) is 5. The van der Waals surface area contributed by atoms with Crippen molar-refractivity contribution in [1.29, 1.82) is 0 Å². The Kier molecular flexibility index (Phi) is 4.65. The molecule has 0 saturated carbocycles. The Bertz CT molecular complexity index is 449. The van der Waals surface area contributed by atoms with Crippen LogP contribution in [0.3, 0.4) is 0 Å². The van der Waals surface area contributed by atoms with Crippen molar-refractivity contribution < 1.29 is 14.2 Å². The van der Waals surface area contributed by atoms with Gasteiger partial charge in [-0.1, -0.05) is 6.08 Å². The third kappa shape index (κ3) is 3.00. The molecule has 5 heteroatoms. The largest absolute Gasteiger partial charge is 0.493 e. The Morgan fingerprint density at radius 3 is 3.05 bits per heavy atom. The maximum Gasteiger partial charge on any atom is 0.231 e. The van der Waals surface area contributed by atoms with Gasteiger partial charge in [-0.3, -0.25) is 0 Å². The van der Waals surface area contributed by atoms with E-state index in [2.05, 4.69) is 11.9 Å². The standard InChI is InChI=1S/C14H20N2O3/c1-3-4-5-16-11(8-15)10-6-12(17-2)14-13(7-10)18-9-19-14/h3,6-7,11,16H,1,4-5,8-9,15H2,2H3. The van der Waals surface area contributed by atoms with E-state index in [1.807, 2.05) is 18.2 Å². The fraction of sp³-hybridized carbons (Fsp3) is 0.429. The van der Waals surface area contributed by atoms with Crippen LogP contribution in [0.2, 0.25) is 0 Å². The van der Waals surface area contributed by atoms with Gasteiger partial charge in [0.05, 0.1) is 7.11 Å². The fourth-order valence-electron chi connectivity index (χ4n) is 2.05. The van der Waals surface area contributed by atoms with Crippen LogP contribution >= 0.6 is 0 Å². The average molecular weight is 264 g/mol. The average Bonchev–Trinajstić information content (AvgIpc) is 2.91. The van der Waals surface area contributed by atoms with Gasteiger partial charge in [0.2, 0.25) is 12.5 Å². The molecule has 0 aromatic heterocycles. The molecule has 104 valence electrons. The van der Waals surface area contributed by atoms with Crippen molar-refractivity contribution >= 4 is 0 Å². The summed E-state index contributed by atoms with van der Waals surface area (Å²) in [4.78, 5) is 0. The Morgan fingerprint density at radius 2 is 2.37 bits per heavy atom. The molecule has 0 spiro atoms. The van der Waals surface area contributed by atoms with Crippen LogP contribution < -0.4 is 25.3 Å². The number of methoxy groups -OCH3 is 1. The summed E-state index contributed by atoms with van der Waals surface area (Å²) in [5, 5.41) is 3.38. The van der Waals surface area contributed by atoms with E-state index in [1.165, 1.54) is 0 Å². The van der Waals surface area contributed by atoms with Crippen molar-refractivity contribution in [2.75, 3.05) is 27.0 Å². The zero-order valence-electron chi connectivity index (χ0n) is 11.1. The highest BCUT2D eigenvalue weighted by Gasteiger charge is 2.22. The van der Waals surface area contributed by atoms with Crippen molar-refractivity contribution in [2.45, 2.75) is 12.5 Å². The summed E-state index contributed by atoms with van der Waals surface area (Å²) in [5.74, 6) is 2.04. The molecule has 0 bridgehead atoms. The Morgan fingerprint density at radius 1 is 1.53 bits per heavy atom. The van der Waals surface area contributed by atoms with Gasteiger partial charge in [-0.2, -0.15) is 0 Å². The number of fused-ring (bicyclic) bond motifs is 1. The number of nitrogens with two attached hydrogens (primary N) is 1. The molecule has 0 fully saturated rings. The van der Waals surface area contributed by atoms with E-state index in [1.54, 1.807) is 7.11 Å². The SMILES string of the molecule is C=CCCNC(CN)c1cc(OC)c2c(c1)OCO2. The van der Waals surface area contributed by atoms with E-state index in [0.717, 1.165) is 18.5 Å². The minimum absolute atomic E-state index is 0.0587.